The van der Waals surface area contributed by atoms with Crippen LogP contribution in [0.5, 0.6) is 5.88 Å². The Morgan fingerprint density at radius 3 is 2.69 bits per heavy atom. The highest BCUT2D eigenvalue weighted by atomic mass is 32.2. The molecule has 0 saturated heterocycles. The first kappa shape index (κ1) is 24.2. The zero-order valence-corrected chi connectivity index (χ0v) is 21.6. The second kappa shape index (κ2) is 9.87. The van der Waals surface area contributed by atoms with E-state index >= 15 is 0 Å². The smallest absolute Gasteiger partial charge is 0.232 e. The quantitative estimate of drug-likeness (QED) is 0.338. The summed E-state index contributed by atoms with van der Waals surface area (Å²) in [7, 11) is 0.729. The molecule has 0 atom stereocenters. The van der Waals surface area contributed by atoms with E-state index < -0.39 is 10.0 Å². The van der Waals surface area contributed by atoms with E-state index in [0.717, 1.165) is 59.5 Å². The van der Waals surface area contributed by atoms with E-state index in [0.29, 0.717) is 24.7 Å². The van der Waals surface area contributed by atoms with Crippen LogP contribution < -0.4 is 9.04 Å². The maximum Gasteiger partial charge on any atom is 0.232 e. The largest absolute Gasteiger partial charge is 0.478 e. The van der Waals surface area contributed by atoms with E-state index in [1.54, 1.807) is 12.5 Å². The lowest BCUT2D eigenvalue weighted by Crippen LogP contribution is -2.34. The van der Waals surface area contributed by atoms with Crippen LogP contribution in [-0.4, -0.2) is 72.9 Å². The fourth-order valence-electron chi connectivity index (χ4n) is 4.44. The Morgan fingerprint density at radius 2 is 1.94 bits per heavy atom. The standard InChI is InChI=1S/C26H30N6O3S/c1-30(2)13-5-15-35-25-12-8-20(17-27-25)22-10-11-23-26(29-22)31(18-28-23)21-9-7-19-6-4-14-32(24(19)16-21)36(3,33)34/h7-12,16-18H,4-6,13-15H2,1-3H3. The molecule has 0 fully saturated rings. The minimum Gasteiger partial charge on any atom is -0.478 e. The second-order valence-corrected chi connectivity index (χ2v) is 11.2. The molecule has 36 heavy (non-hydrogen) atoms. The SMILES string of the molecule is CN(C)CCCOc1ccc(-c2ccc3ncn(-c4ccc5c(c4)N(S(C)(=O)=O)CCC5)c3n2)cn1. The first-order valence-corrected chi connectivity index (χ1v) is 13.8. The number of anilines is 1. The van der Waals surface area contributed by atoms with Gasteiger partial charge in [-0.2, -0.15) is 0 Å². The van der Waals surface area contributed by atoms with Crippen LogP contribution in [0.15, 0.2) is 55.0 Å². The molecule has 0 saturated carbocycles. The van der Waals surface area contributed by atoms with E-state index in [9.17, 15) is 8.42 Å². The molecule has 1 aliphatic heterocycles. The number of pyridine rings is 2. The lowest BCUT2D eigenvalue weighted by Gasteiger charge is -2.29. The van der Waals surface area contributed by atoms with Crippen LogP contribution in [0.4, 0.5) is 5.69 Å². The number of ether oxygens (including phenoxy) is 1. The van der Waals surface area contributed by atoms with Gasteiger partial charge in [-0.05, 0) is 69.3 Å². The number of rotatable bonds is 8. The Labute approximate surface area is 211 Å². The highest BCUT2D eigenvalue weighted by Gasteiger charge is 2.24. The van der Waals surface area contributed by atoms with Gasteiger partial charge < -0.3 is 9.64 Å². The number of imidazole rings is 1. The van der Waals surface area contributed by atoms with Crippen molar-refractivity contribution in [2.75, 3.05) is 44.4 Å². The maximum atomic E-state index is 12.4. The molecule has 10 heteroatoms. The summed E-state index contributed by atoms with van der Waals surface area (Å²) in [5, 5.41) is 0. The molecule has 0 unspecified atom stereocenters. The van der Waals surface area contributed by atoms with Crippen molar-refractivity contribution < 1.29 is 13.2 Å². The first-order chi connectivity index (χ1) is 17.3. The zero-order valence-electron chi connectivity index (χ0n) is 20.8. The van der Waals surface area contributed by atoms with Crippen molar-refractivity contribution in [2.45, 2.75) is 19.3 Å². The molecule has 4 heterocycles. The predicted molar refractivity (Wildman–Crippen MR) is 141 cm³/mol. The van der Waals surface area contributed by atoms with Gasteiger partial charge in [-0.15, -0.1) is 0 Å². The fraction of sp³-hybridized carbons (Fsp3) is 0.346. The molecule has 0 spiro atoms. The number of aromatic nitrogens is 4. The number of hydrogen-bond donors (Lipinski definition) is 0. The van der Waals surface area contributed by atoms with Crippen molar-refractivity contribution in [3.8, 4) is 22.8 Å². The van der Waals surface area contributed by atoms with Crippen molar-refractivity contribution in [1.29, 1.82) is 0 Å². The molecular formula is C26H30N6O3S. The number of hydrogen-bond acceptors (Lipinski definition) is 7. The van der Waals surface area contributed by atoms with Crippen LogP contribution in [0.2, 0.25) is 0 Å². The third kappa shape index (κ3) is 5.05. The molecule has 5 rings (SSSR count). The average molecular weight is 507 g/mol. The van der Waals surface area contributed by atoms with Crippen LogP contribution >= 0.6 is 0 Å². The van der Waals surface area contributed by atoms with Crippen molar-refractivity contribution in [2.24, 2.45) is 0 Å². The van der Waals surface area contributed by atoms with Gasteiger partial charge in [0.15, 0.2) is 5.65 Å². The minimum atomic E-state index is -3.35. The number of aryl methyl sites for hydroxylation is 1. The zero-order chi connectivity index (χ0) is 25.3. The van der Waals surface area contributed by atoms with Gasteiger partial charge >= 0.3 is 0 Å². The highest BCUT2D eigenvalue weighted by molar-refractivity contribution is 7.92. The number of benzene rings is 1. The summed E-state index contributed by atoms with van der Waals surface area (Å²) in [6.07, 6.45) is 7.34. The summed E-state index contributed by atoms with van der Waals surface area (Å²) in [6.45, 7) is 2.07. The van der Waals surface area contributed by atoms with Crippen molar-refractivity contribution in [3.63, 3.8) is 0 Å². The normalized spacial score (nSPS) is 13.8. The molecule has 4 aromatic rings. The highest BCUT2D eigenvalue weighted by Crippen LogP contribution is 2.32. The lowest BCUT2D eigenvalue weighted by molar-refractivity contribution is 0.273. The van der Waals surface area contributed by atoms with E-state index in [1.165, 1.54) is 10.6 Å². The van der Waals surface area contributed by atoms with E-state index in [-0.39, 0.29) is 0 Å². The molecular weight excluding hydrogens is 476 g/mol. The first-order valence-electron chi connectivity index (χ1n) is 12.0. The van der Waals surface area contributed by atoms with Gasteiger partial charge in [0.2, 0.25) is 15.9 Å². The molecule has 188 valence electrons. The summed E-state index contributed by atoms with van der Waals surface area (Å²) < 4.78 is 33.8. The van der Waals surface area contributed by atoms with E-state index in [4.69, 9.17) is 9.72 Å². The summed E-state index contributed by atoms with van der Waals surface area (Å²) in [6, 6.07) is 13.6. The average Bonchev–Trinajstić information content (AvgIpc) is 3.29. The van der Waals surface area contributed by atoms with Crippen molar-refractivity contribution >= 4 is 26.9 Å². The Balaban J connectivity index is 1.43. The summed E-state index contributed by atoms with van der Waals surface area (Å²) >= 11 is 0. The monoisotopic (exact) mass is 506 g/mol. The third-order valence-electron chi connectivity index (χ3n) is 6.25. The maximum absolute atomic E-state index is 12.4. The molecule has 0 aliphatic carbocycles. The van der Waals surface area contributed by atoms with Gasteiger partial charge in [-0.25, -0.2) is 23.4 Å². The van der Waals surface area contributed by atoms with Gasteiger partial charge in [-0.1, -0.05) is 6.07 Å². The van der Waals surface area contributed by atoms with Crippen molar-refractivity contribution in [3.05, 3.63) is 60.6 Å². The molecule has 9 nitrogen and oxygen atoms in total. The van der Waals surface area contributed by atoms with E-state index in [1.807, 2.05) is 61.1 Å². The second-order valence-electron chi connectivity index (χ2n) is 9.30. The molecule has 1 aliphatic rings. The Hall–Kier alpha value is -3.50. The third-order valence-corrected chi connectivity index (χ3v) is 7.43. The molecule has 1 aromatic carbocycles. The fourth-order valence-corrected chi connectivity index (χ4v) is 5.43. The molecule has 0 amide bonds. The van der Waals surface area contributed by atoms with Crippen LogP contribution in [0.25, 0.3) is 28.1 Å². The van der Waals surface area contributed by atoms with Crippen LogP contribution in [0.1, 0.15) is 18.4 Å². The predicted octanol–water partition coefficient (Wildman–Crippen LogP) is 3.53. The van der Waals surface area contributed by atoms with Gasteiger partial charge in [0.05, 0.1) is 29.9 Å². The molecule has 3 aromatic heterocycles. The van der Waals surface area contributed by atoms with Gasteiger partial charge in [0.1, 0.15) is 11.8 Å². The minimum absolute atomic E-state index is 0.491. The number of sulfonamides is 1. The number of fused-ring (bicyclic) bond motifs is 2. The van der Waals surface area contributed by atoms with Gasteiger partial charge in [0, 0.05) is 30.9 Å². The summed E-state index contributed by atoms with van der Waals surface area (Å²) in [5.41, 5.74) is 5.67. The van der Waals surface area contributed by atoms with E-state index in [2.05, 4.69) is 14.9 Å². The summed E-state index contributed by atoms with van der Waals surface area (Å²) in [5.74, 6) is 0.591. The van der Waals surface area contributed by atoms with Crippen molar-refractivity contribution in [1.82, 2.24) is 24.4 Å². The van der Waals surface area contributed by atoms with Gasteiger partial charge in [-0.3, -0.25) is 8.87 Å². The molecule has 0 N–H and O–H groups in total. The molecule has 0 bridgehead atoms. The summed E-state index contributed by atoms with van der Waals surface area (Å²) in [4.78, 5) is 15.9. The Morgan fingerprint density at radius 1 is 1.08 bits per heavy atom. The Bertz CT molecular complexity index is 1480. The van der Waals surface area contributed by atoms with Gasteiger partial charge in [0.25, 0.3) is 0 Å². The Kier molecular flexibility index (Phi) is 6.63. The topological polar surface area (TPSA) is 93.5 Å². The lowest BCUT2D eigenvalue weighted by atomic mass is 10.0. The van der Waals surface area contributed by atoms with Crippen LogP contribution in [0, 0.1) is 0 Å². The van der Waals surface area contributed by atoms with Crippen LogP contribution in [0.3, 0.4) is 0 Å². The molecule has 0 radical (unpaired) electrons. The van der Waals surface area contributed by atoms with Crippen LogP contribution in [-0.2, 0) is 16.4 Å². The number of nitrogens with zero attached hydrogens (tertiary/aromatic N) is 6.